The van der Waals surface area contributed by atoms with Crippen molar-refractivity contribution in [3.63, 3.8) is 0 Å². The van der Waals surface area contributed by atoms with Gasteiger partial charge in [0.05, 0.1) is 11.8 Å². The first kappa shape index (κ1) is 20.9. The van der Waals surface area contributed by atoms with Crippen LogP contribution in [0.4, 0.5) is 0 Å². The summed E-state index contributed by atoms with van der Waals surface area (Å²) in [5.74, 6) is -0.0742. The summed E-state index contributed by atoms with van der Waals surface area (Å²) in [6, 6.07) is -0.466. The number of nitrogens with two attached hydrogens (primary N) is 1. The molecule has 0 bridgehead atoms. The predicted octanol–water partition coefficient (Wildman–Crippen LogP) is 0.323. The molecule has 0 saturated heterocycles. The van der Waals surface area contributed by atoms with Gasteiger partial charge in [-0.2, -0.15) is 0 Å². The summed E-state index contributed by atoms with van der Waals surface area (Å²) in [5.41, 5.74) is 5.64. The van der Waals surface area contributed by atoms with Gasteiger partial charge < -0.3 is 11.1 Å². The summed E-state index contributed by atoms with van der Waals surface area (Å²) in [7, 11) is -1.58. The Bertz CT molecular complexity index is 349. The summed E-state index contributed by atoms with van der Waals surface area (Å²) in [6.07, 6.45) is 2.11. The molecule has 1 atom stereocenters. The average molecular weight is 316 g/mol. The number of hydrogen-bond donors (Lipinski definition) is 2. The molecule has 0 heterocycles. The molecule has 0 aromatic rings. The Kier molecular flexibility index (Phi) is 11.5. The van der Waals surface area contributed by atoms with Crippen LogP contribution in [-0.2, 0) is 14.8 Å². The van der Waals surface area contributed by atoms with E-state index in [1.807, 2.05) is 6.92 Å². The molecule has 1 amide bonds. The molecule has 116 valence electrons. The van der Waals surface area contributed by atoms with E-state index in [2.05, 4.69) is 5.32 Å². The van der Waals surface area contributed by atoms with Crippen LogP contribution in [0.25, 0.3) is 0 Å². The molecule has 0 aromatic heterocycles. The maximum absolute atomic E-state index is 11.5. The molecular weight excluding hydrogens is 290 g/mol. The molecular formula is C11H26ClN3O3S. The Labute approximate surface area is 122 Å². The van der Waals surface area contributed by atoms with Gasteiger partial charge in [0.1, 0.15) is 0 Å². The zero-order valence-electron chi connectivity index (χ0n) is 11.9. The Balaban J connectivity index is 0. The van der Waals surface area contributed by atoms with E-state index in [-0.39, 0.29) is 24.1 Å². The average Bonchev–Trinajstić information content (AvgIpc) is 2.34. The van der Waals surface area contributed by atoms with Gasteiger partial charge in [0.15, 0.2) is 0 Å². The van der Waals surface area contributed by atoms with Crippen LogP contribution in [0.5, 0.6) is 0 Å². The molecule has 8 heteroatoms. The van der Waals surface area contributed by atoms with Gasteiger partial charge in [-0.15, -0.1) is 12.4 Å². The number of amides is 1. The lowest BCUT2D eigenvalue weighted by atomic mass is 10.2. The number of carbonyl (C=O) groups is 1. The maximum atomic E-state index is 11.5. The fourth-order valence-electron chi connectivity index (χ4n) is 1.45. The van der Waals surface area contributed by atoms with E-state index in [4.69, 9.17) is 5.73 Å². The van der Waals surface area contributed by atoms with Crippen molar-refractivity contribution in [3.05, 3.63) is 0 Å². The summed E-state index contributed by atoms with van der Waals surface area (Å²) in [5, 5.41) is 2.71. The van der Waals surface area contributed by atoms with Crippen molar-refractivity contribution < 1.29 is 13.2 Å². The van der Waals surface area contributed by atoms with E-state index in [1.165, 1.54) is 4.31 Å². The fraction of sp³-hybridized carbons (Fsp3) is 0.909. The standard InChI is InChI=1S/C11H25N3O3S.ClH/c1-4-7-10(12)11(15)13-8-6-9-14(3)18(16,17)5-2;/h10H,4-9,12H2,1-3H3,(H,13,15);1H. The normalized spacial score (nSPS) is 12.9. The molecule has 19 heavy (non-hydrogen) atoms. The number of nitrogens with zero attached hydrogens (tertiary/aromatic N) is 1. The van der Waals surface area contributed by atoms with Crippen LogP contribution in [0.3, 0.4) is 0 Å². The highest BCUT2D eigenvalue weighted by Gasteiger charge is 2.15. The summed E-state index contributed by atoms with van der Waals surface area (Å²) >= 11 is 0. The van der Waals surface area contributed by atoms with Gasteiger partial charge in [-0.05, 0) is 19.8 Å². The van der Waals surface area contributed by atoms with Crippen molar-refractivity contribution in [2.24, 2.45) is 5.73 Å². The molecule has 0 radical (unpaired) electrons. The molecule has 0 spiro atoms. The SMILES string of the molecule is CCCC(N)C(=O)NCCCN(C)S(=O)(=O)CC.Cl. The van der Waals surface area contributed by atoms with Gasteiger partial charge in [0.2, 0.25) is 15.9 Å². The molecule has 0 saturated carbocycles. The highest BCUT2D eigenvalue weighted by Crippen LogP contribution is 1.98. The van der Waals surface area contributed by atoms with Gasteiger partial charge in [-0.3, -0.25) is 4.79 Å². The van der Waals surface area contributed by atoms with Crippen molar-refractivity contribution in [2.75, 3.05) is 25.9 Å². The minimum absolute atomic E-state index is 0. The molecule has 0 aliphatic carbocycles. The second-order valence-electron chi connectivity index (χ2n) is 4.26. The number of rotatable bonds is 9. The number of sulfonamides is 1. The molecule has 1 unspecified atom stereocenters. The van der Waals surface area contributed by atoms with Gasteiger partial charge in [0, 0.05) is 20.1 Å². The van der Waals surface area contributed by atoms with Crippen LogP contribution in [0.15, 0.2) is 0 Å². The fourth-order valence-corrected chi connectivity index (χ4v) is 2.29. The predicted molar refractivity (Wildman–Crippen MR) is 79.8 cm³/mol. The quantitative estimate of drug-likeness (QED) is 0.599. The van der Waals surface area contributed by atoms with E-state index < -0.39 is 16.1 Å². The second-order valence-corrected chi connectivity index (χ2v) is 6.63. The van der Waals surface area contributed by atoms with E-state index in [1.54, 1.807) is 14.0 Å². The Morgan fingerprint density at radius 3 is 2.42 bits per heavy atom. The molecule has 0 fully saturated rings. The molecule has 3 N–H and O–H groups in total. The Morgan fingerprint density at radius 1 is 1.37 bits per heavy atom. The van der Waals surface area contributed by atoms with Gasteiger partial charge in [-0.1, -0.05) is 13.3 Å². The smallest absolute Gasteiger partial charge is 0.236 e. The van der Waals surface area contributed by atoms with E-state index in [9.17, 15) is 13.2 Å². The first-order chi connectivity index (χ1) is 8.35. The third-order valence-electron chi connectivity index (χ3n) is 2.73. The van der Waals surface area contributed by atoms with Crippen molar-refractivity contribution in [2.45, 2.75) is 39.2 Å². The first-order valence-corrected chi connectivity index (χ1v) is 7.93. The maximum Gasteiger partial charge on any atom is 0.236 e. The minimum Gasteiger partial charge on any atom is -0.355 e. The van der Waals surface area contributed by atoms with Crippen molar-refractivity contribution in [3.8, 4) is 0 Å². The van der Waals surface area contributed by atoms with Gasteiger partial charge in [0.25, 0.3) is 0 Å². The Morgan fingerprint density at radius 2 is 1.95 bits per heavy atom. The van der Waals surface area contributed by atoms with E-state index >= 15 is 0 Å². The summed E-state index contributed by atoms with van der Waals surface area (Å²) in [6.45, 7) is 4.42. The lowest BCUT2D eigenvalue weighted by molar-refractivity contribution is -0.122. The van der Waals surface area contributed by atoms with E-state index in [0.717, 1.165) is 6.42 Å². The lowest BCUT2D eigenvalue weighted by Gasteiger charge is -2.16. The minimum atomic E-state index is -3.13. The summed E-state index contributed by atoms with van der Waals surface area (Å²) < 4.78 is 24.2. The third-order valence-corrected chi connectivity index (χ3v) is 4.59. The Hall–Kier alpha value is -0.370. The monoisotopic (exact) mass is 315 g/mol. The van der Waals surface area contributed by atoms with Crippen molar-refractivity contribution >= 4 is 28.3 Å². The van der Waals surface area contributed by atoms with Crippen molar-refractivity contribution in [1.82, 2.24) is 9.62 Å². The van der Waals surface area contributed by atoms with E-state index in [0.29, 0.717) is 25.9 Å². The second kappa shape index (κ2) is 10.4. The molecule has 0 aliphatic heterocycles. The van der Waals surface area contributed by atoms with Crippen LogP contribution in [-0.4, -0.2) is 50.6 Å². The largest absolute Gasteiger partial charge is 0.355 e. The number of nitrogens with one attached hydrogen (secondary N) is 1. The van der Waals surface area contributed by atoms with Crippen LogP contribution in [0.2, 0.25) is 0 Å². The molecule has 0 rings (SSSR count). The lowest BCUT2D eigenvalue weighted by Crippen LogP contribution is -2.41. The topological polar surface area (TPSA) is 92.5 Å². The van der Waals surface area contributed by atoms with Crippen LogP contribution < -0.4 is 11.1 Å². The molecule has 6 nitrogen and oxygen atoms in total. The first-order valence-electron chi connectivity index (χ1n) is 6.32. The zero-order valence-corrected chi connectivity index (χ0v) is 13.5. The zero-order chi connectivity index (χ0) is 14.2. The molecule has 0 aromatic carbocycles. The molecule has 0 aliphatic rings. The van der Waals surface area contributed by atoms with Crippen LogP contribution in [0.1, 0.15) is 33.1 Å². The van der Waals surface area contributed by atoms with Crippen molar-refractivity contribution in [1.29, 1.82) is 0 Å². The van der Waals surface area contributed by atoms with Crippen LogP contribution >= 0.6 is 12.4 Å². The highest BCUT2D eigenvalue weighted by molar-refractivity contribution is 7.89. The number of halogens is 1. The summed E-state index contributed by atoms with van der Waals surface area (Å²) in [4.78, 5) is 11.5. The number of hydrogen-bond acceptors (Lipinski definition) is 4. The van der Waals surface area contributed by atoms with Gasteiger partial charge >= 0.3 is 0 Å². The van der Waals surface area contributed by atoms with Gasteiger partial charge in [-0.25, -0.2) is 12.7 Å². The highest BCUT2D eigenvalue weighted by atomic mass is 35.5. The third kappa shape index (κ3) is 8.41. The number of carbonyl (C=O) groups excluding carboxylic acids is 1. The van der Waals surface area contributed by atoms with Crippen LogP contribution in [0, 0.1) is 0 Å².